The number of β-amino-alcohol motifs (C(OH)–C–C–N with tert-alkyl or cyclic N) is 1. The number of likely N-dealkylation sites (tertiary alicyclic amines) is 1. The lowest BCUT2D eigenvalue weighted by Crippen LogP contribution is -2.31. The standard InChI is InChI=1S/C19H23NO/c1-16-6-5-7-17(14-16)10-12-20-13-11-19(21,15-20)18-8-3-2-4-9-18/h2-9,14,21H,10-13,15H2,1H3. The lowest BCUT2D eigenvalue weighted by atomic mass is 9.93. The summed E-state index contributed by atoms with van der Waals surface area (Å²) >= 11 is 0. The van der Waals surface area contributed by atoms with E-state index in [1.54, 1.807) is 0 Å². The highest BCUT2D eigenvalue weighted by atomic mass is 16.3. The summed E-state index contributed by atoms with van der Waals surface area (Å²) in [5.74, 6) is 0. The molecule has 2 aromatic rings. The normalized spacial score (nSPS) is 22.6. The molecule has 1 atom stereocenters. The third-order valence-electron chi connectivity index (χ3n) is 4.44. The fraction of sp³-hybridized carbons (Fsp3) is 0.368. The molecule has 0 bridgehead atoms. The van der Waals surface area contributed by atoms with E-state index in [1.165, 1.54) is 11.1 Å². The van der Waals surface area contributed by atoms with Crippen LogP contribution in [-0.4, -0.2) is 29.6 Å². The van der Waals surface area contributed by atoms with Gasteiger partial charge in [0, 0.05) is 19.6 Å². The maximum Gasteiger partial charge on any atom is 0.103 e. The first-order valence-corrected chi connectivity index (χ1v) is 7.72. The Balaban J connectivity index is 1.60. The van der Waals surface area contributed by atoms with Gasteiger partial charge in [-0.3, -0.25) is 4.90 Å². The van der Waals surface area contributed by atoms with E-state index in [2.05, 4.69) is 36.1 Å². The quantitative estimate of drug-likeness (QED) is 0.930. The molecule has 2 heteroatoms. The second kappa shape index (κ2) is 6.00. The van der Waals surface area contributed by atoms with Gasteiger partial charge in [-0.1, -0.05) is 60.2 Å². The van der Waals surface area contributed by atoms with Crippen molar-refractivity contribution in [3.8, 4) is 0 Å². The third-order valence-corrected chi connectivity index (χ3v) is 4.44. The second-order valence-electron chi connectivity index (χ2n) is 6.16. The Bertz CT molecular complexity index is 596. The van der Waals surface area contributed by atoms with Crippen LogP contribution in [0.25, 0.3) is 0 Å². The van der Waals surface area contributed by atoms with Crippen LogP contribution in [0.5, 0.6) is 0 Å². The van der Waals surface area contributed by atoms with Crippen molar-refractivity contribution in [3.05, 3.63) is 71.3 Å². The van der Waals surface area contributed by atoms with Crippen LogP contribution in [0, 0.1) is 6.92 Å². The zero-order valence-electron chi connectivity index (χ0n) is 12.6. The van der Waals surface area contributed by atoms with Gasteiger partial charge in [0.2, 0.25) is 0 Å². The summed E-state index contributed by atoms with van der Waals surface area (Å²) < 4.78 is 0. The summed E-state index contributed by atoms with van der Waals surface area (Å²) in [4.78, 5) is 2.37. The van der Waals surface area contributed by atoms with Crippen LogP contribution >= 0.6 is 0 Å². The van der Waals surface area contributed by atoms with Gasteiger partial charge in [0.05, 0.1) is 0 Å². The van der Waals surface area contributed by atoms with Crippen molar-refractivity contribution in [2.24, 2.45) is 0 Å². The molecule has 0 spiro atoms. The van der Waals surface area contributed by atoms with Crippen LogP contribution in [0.1, 0.15) is 23.1 Å². The first-order valence-electron chi connectivity index (χ1n) is 7.72. The van der Waals surface area contributed by atoms with Gasteiger partial charge in [-0.05, 0) is 30.9 Å². The van der Waals surface area contributed by atoms with Crippen molar-refractivity contribution in [3.63, 3.8) is 0 Å². The molecule has 0 amide bonds. The first kappa shape index (κ1) is 14.3. The van der Waals surface area contributed by atoms with E-state index >= 15 is 0 Å². The molecule has 1 N–H and O–H groups in total. The van der Waals surface area contributed by atoms with Gasteiger partial charge in [-0.15, -0.1) is 0 Å². The highest BCUT2D eigenvalue weighted by molar-refractivity contribution is 5.25. The molecule has 0 aliphatic carbocycles. The van der Waals surface area contributed by atoms with Gasteiger partial charge in [-0.2, -0.15) is 0 Å². The molecule has 1 saturated heterocycles. The van der Waals surface area contributed by atoms with Crippen LogP contribution in [0.15, 0.2) is 54.6 Å². The number of hydrogen-bond donors (Lipinski definition) is 1. The molecular weight excluding hydrogens is 258 g/mol. The minimum atomic E-state index is -0.673. The summed E-state index contributed by atoms with van der Waals surface area (Å²) in [6.07, 6.45) is 1.87. The molecule has 21 heavy (non-hydrogen) atoms. The predicted molar refractivity (Wildman–Crippen MR) is 86.3 cm³/mol. The Labute approximate surface area is 127 Å². The highest BCUT2D eigenvalue weighted by Gasteiger charge is 2.37. The second-order valence-corrected chi connectivity index (χ2v) is 6.16. The Morgan fingerprint density at radius 2 is 1.90 bits per heavy atom. The highest BCUT2D eigenvalue weighted by Crippen LogP contribution is 2.31. The van der Waals surface area contributed by atoms with Crippen molar-refractivity contribution < 1.29 is 5.11 Å². The third kappa shape index (κ3) is 3.34. The summed E-state index contributed by atoms with van der Waals surface area (Å²) in [6.45, 7) is 4.85. The molecule has 0 radical (unpaired) electrons. The van der Waals surface area contributed by atoms with Crippen LogP contribution in [0.2, 0.25) is 0 Å². The van der Waals surface area contributed by atoms with Crippen molar-refractivity contribution in [2.45, 2.75) is 25.4 Å². The fourth-order valence-electron chi connectivity index (χ4n) is 3.20. The summed E-state index contributed by atoms with van der Waals surface area (Å²) in [7, 11) is 0. The summed E-state index contributed by atoms with van der Waals surface area (Å²) in [5, 5.41) is 10.8. The summed E-state index contributed by atoms with van der Waals surface area (Å²) in [5.41, 5.74) is 3.07. The van der Waals surface area contributed by atoms with Gasteiger partial charge in [0.25, 0.3) is 0 Å². The zero-order valence-corrected chi connectivity index (χ0v) is 12.6. The molecule has 3 rings (SSSR count). The van der Waals surface area contributed by atoms with E-state index in [4.69, 9.17) is 0 Å². The molecule has 1 unspecified atom stereocenters. The Morgan fingerprint density at radius 1 is 1.10 bits per heavy atom. The lowest BCUT2D eigenvalue weighted by Gasteiger charge is -2.24. The van der Waals surface area contributed by atoms with E-state index < -0.39 is 5.60 Å². The number of rotatable bonds is 4. The number of hydrogen-bond acceptors (Lipinski definition) is 2. The minimum absolute atomic E-state index is 0.673. The van der Waals surface area contributed by atoms with Gasteiger partial charge < -0.3 is 5.11 Å². The van der Waals surface area contributed by atoms with E-state index in [-0.39, 0.29) is 0 Å². The molecule has 1 aliphatic rings. The van der Waals surface area contributed by atoms with Crippen LogP contribution in [0.3, 0.4) is 0 Å². The molecule has 2 nitrogen and oxygen atoms in total. The average Bonchev–Trinajstić information content (AvgIpc) is 2.89. The van der Waals surface area contributed by atoms with Gasteiger partial charge >= 0.3 is 0 Å². The minimum Gasteiger partial charge on any atom is -0.384 e. The van der Waals surface area contributed by atoms with Crippen molar-refractivity contribution in [1.82, 2.24) is 4.90 Å². The number of nitrogens with zero attached hydrogens (tertiary/aromatic N) is 1. The molecule has 1 fully saturated rings. The first-order chi connectivity index (χ1) is 10.2. The molecule has 110 valence electrons. The van der Waals surface area contributed by atoms with Crippen LogP contribution < -0.4 is 0 Å². The van der Waals surface area contributed by atoms with E-state index in [1.807, 2.05) is 30.3 Å². The smallest absolute Gasteiger partial charge is 0.103 e. The van der Waals surface area contributed by atoms with Crippen LogP contribution in [0.4, 0.5) is 0 Å². The average molecular weight is 281 g/mol. The van der Waals surface area contributed by atoms with E-state index in [0.717, 1.165) is 38.0 Å². The largest absolute Gasteiger partial charge is 0.384 e. The fourth-order valence-corrected chi connectivity index (χ4v) is 3.20. The Morgan fingerprint density at radius 3 is 2.67 bits per heavy atom. The summed E-state index contributed by atoms with van der Waals surface area (Å²) in [6, 6.07) is 18.8. The monoisotopic (exact) mass is 281 g/mol. The van der Waals surface area contributed by atoms with Crippen molar-refractivity contribution >= 4 is 0 Å². The van der Waals surface area contributed by atoms with E-state index in [0.29, 0.717) is 0 Å². The van der Waals surface area contributed by atoms with Gasteiger partial charge in [0.15, 0.2) is 0 Å². The SMILES string of the molecule is Cc1cccc(CCN2CCC(O)(c3ccccc3)C2)c1. The molecular formula is C19H23NO. The van der Waals surface area contributed by atoms with Gasteiger partial charge in [-0.25, -0.2) is 0 Å². The Kier molecular flexibility index (Phi) is 4.09. The molecule has 0 aromatic heterocycles. The molecule has 2 aromatic carbocycles. The maximum absolute atomic E-state index is 10.8. The Hall–Kier alpha value is -1.64. The van der Waals surface area contributed by atoms with Gasteiger partial charge in [0.1, 0.15) is 5.60 Å². The van der Waals surface area contributed by atoms with Crippen LogP contribution in [-0.2, 0) is 12.0 Å². The maximum atomic E-state index is 10.8. The number of aryl methyl sites for hydroxylation is 1. The van der Waals surface area contributed by atoms with Crippen molar-refractivity contribution in [2.75, 3.05) is 19.6 Å². The number of benzene rings is 2. The molecule has 0 saturated carbocycles. The topological polar surface area (TPSA) is 23.5 Å². The number of aliphatic hydroxyl groups is 1. The van der Waals surface area contributed by atoms with E-state index in [9.17, 15) is 5.11 Å². The lowest BCUT2D eigenvalue weighted by molar-refractivity contribution is 0.0463. The zero-order chi connectivity index (χ0) is 14.7. The molecule has 1 aliphatic heterocycles. The predicted octanol–water partition coefficient (Wildman–Crippen LogP) is 3.13. The van der Waals surface area contributed by atoms with Crippen molar-refractivity contribution in [1.29, 1.82) is 0 Å². The molecule has 1 heterocycles.